The van der Waals surface area contributed by atoms with Gasteiger partial charge in [0.2, 0.25) is 5.91 Å². The molecule has 44 heavy (non-hydrogen) atoms. The van der Waals surface area contributed by atoms with Gasteiger partial charge in [0.25, 0.3) is 5.91 Å². The molecule has 3 aromatic rings. The highest BCUT2D eigenvalue weighted by Gasteiger charge is 2.30. The maximum absolute atomic E-state index is 13.3. The van der Waals surface area contributed by atoms with Crippen molar-refractivity contribution in [2.75, 3.05) is 42.9 Å². The Labute approximate surface area is 257 Å². The molecule has 0 unspecified atom stereocenters. The zero-order chi connectivity index (χ0) is 30.6. The van der Waals surface area contributed by atoms with Gasteiger partial charge in [-0.05, 0) is 68.0 Å². The molecule has 5 heterocycles. The molecule has 6 rings (SSSR count). The topological polar surface area (TPSA) is 145 Å². The van der Waals surface area contributed by atoms with Crippen LogP contribution in [0.1, 0.15) is 59.1 Å². The van der Waals surface area contributed by atoms with Crippen molar-refractivity contribution < 1.29 is 23.8 Å². The number of hydrogen-bond acceptors (Lipinski definition) is 10. The Hall–Kier alpha value is -4.16. The number of likely N-dealkylation sites (tertiary alicyclic amines) is 1. The van der Waals surface area contributed by atoms with E-state index < -0.39 is 6.10 Å². The van der Waals surface area contributed by atoms with Crippen LogP contribution >= 0.6 is 0 Å². The Balaban J connectivity index is 1.05. The summed E-state index contributed by atoms with van der Waals surface area (Å²) >= 11 is 0. The summed E-state index contributed by atoms with van der Waals surface area (Å²) < 4.78 is 11.2. The molecule has 3 aliphatic heterocycles. The van der Waals surface area contributed by atoms with E-state index in [1.807, 2.05) is 31.2 Å². The largest absolute Gasteiger partial charge is 0.486 e. The molecule has 2 fully saturated rings. The molecule has 2 atom stereocenters. The van der Waals surface area contributed by atoms with E-state index in [9.17, 15) is 14.7 Å². The maximum Gasteiger partial charge on any atom is 0.251 e. The minimum Gasteiger partial charge on any atom is -0.486 e. The van der Waals surface area contributed by atoms with Crippen LogP contribution < -0.4 is 25.6 Å². The molecular weight excluding hydrogens is 562 g/mol. The molecule has 0 bridgehead atoms. The Kier molecular flexibility index (Phi) is 8.99. The molecule has 12 nitrogen and oxygen atoms in total. The minimum atomic E-state index is -0.772. The van der Waals surface area contributed by atoms with E-state index in [2.05, 4.69) is 25.8 Å². The number of amides is 2. The van der Waals surface area contributed by atoms with Crippen molar-refractivity contribution in [3.63, 3.8) is 0 Å². The van der Waals surface area contributed by atoms with Crippen LogP contribution in [0.3, 0.4) is 0 Å². The Morgan fingerprint density at radius 1 is 1.16 bits per heavy atom. The average molecular weight is 604 g/mol. The molecule has 1 aromatic carbocycles. The summed E-state index contributed by atoms with van der Waals surface area (Å²) in [6.07, 6.45) is 4.66. The van der Waals surface area contributed by atoms with Crippen molar-refractivity contribution in [2.45, 2.75) is 70.9 Å². The number of aromatic nitrogens is 2. The first-order valence-electron chi connectivity index (χ1n) is 15.4. The Bertz CT molecular complexity index is 1480. The molecule has 234 valence electrons. The standard InChI is InChI=1S/C32H41N7O5/c1-20-29(44-19-35-20)18-43-26-7-6-22-11-27(33-14-24(22)10-26)28(41)15-34-32(42)23-12-30(36-25-16-39(17-25)21(2)40)37-31(13-23)38-8-4-3-5-9-38/h6-7,10,12-13,19,25,27-28,33,41H,3-5,8-9,11,14-18H2,1-2H3,(H,34,42)(H,36,37)/t27-,28+/m0/s1. The van der Waals surface area contributed by atoms with E-state index in [1.54, 1.807) is 17.9 Å². The summed E-state index contributed by atoms with van der Waals surface area (Å²) in [5.41, 5.74) is 3.56. The summed E-state index contributed by atoms with van der Waals surface area (Å²) in [5, 5.41) is 20.8. The van der Waals surface area contributed by atoms with Gasteiger partial charge in [-0.25, -0.2) is 9.97 Å². The smallest absolute Gasteiger partial charge is 0.251 e. The van der Waals surface area contributed by atoms with Crippen molar-refractivity contribution in [2.24, 2.45) is 0 Å². The highest BCUT2D eigenvalue weighted by molar-refractivity contribution is 5.95. The number of nitrogens with zero attached hydrogens (tertiary/aromatic N) is 4. The van der Waals surface area contributed by atoms with E-state index >= 15 is 0 Å². The van der Waals surface area contributed by atoms with Gasteiger partial charge in [-0.1, -0.05) is 6.07 Å². The summed E-state index contributed by atoms with van der Waals surface area (Å²) in [5.74, 6) is 2.64. The number of aliphatic hydroxyl groups is 1. The fourth-order valence-electron chi connectivity index (χ4n) is 5.98. The molecule has 0 radical (unpaired) electrons. The van der Waals surface area contributed by atoms with Crippen LogP contribution in [0, 0.1) is 6.92 Å². The molecule has 12 heteroatoms. The van der Waals surface area contributed by atoms with Gasteiger partial charge in [-0.15, -0.1) is 0 Å². The normalized spacial score (nSPS) is 19.1. The van der Waals surface area contributed by atoms with Gasteiger partial charge in [-0.2, -0.15) is 0 Å². The van der Waals surface area contributed by atoms with E-state index in [0.29, 0.717) is 49.8 Å². The lowest BCUT2D eigenvalue weighted by atomic mass is 9.92. The highest BCUT2D eigenvalue weighted by atomic mass is 16.5. The van der Waals surface area contributed by atoms with Crippen molar-refractivity contribution in [3.8, 4) is 5.75 Å². The van der Waals surface area contributed by atoms with Crippen molar-refractivity contribution in [1.82, 2.24) is 25.5 Å². The third-order valence-electron chi connectivity index (χ3n) is 8.76. The van der Waals surface area contributed by atoms with Gasteiger partial charge in [-0.3, -0.25) is 9.59 Å². The molecule has 0 saturated carbocycles. The number of carbonyl (C=O) groups is 2. The number of aryl methyl sites for hydroxylation is 1. The molecule has 0 spiro atoms. The van der Waals surface area contributed by atoms with Gasteiger partial charge in [0.15, 0.2) is 12.2 Å². The van der Waals surface area contributed by atoms with Crippen molar-refractivity contribution >= 4 is 23.5 Å². The molecule has 2 amide bonds. The monoisotopic (exact) mass is 603 g/mol. The van der Waals surface area contributed by atoms with Crippen molar-refractivity contribution in [3.05, 3.63) is 64.9 Å². The van der Waals surface area contributed by atoms with E-state index in [4.69, 9.17) is 14.1 Å². The lowest BCUT2D eigenvalue weighted by Gasteiger charge is -2.39. The number of ether oxygens (including phenoxy) is 1. The second-order valence-electron chi connectivity index (χ2n) is 12.0. The van der Waals surface area contributed by atoms with Crippen LogP contribution in [-0.4, -0.2) is 82.7 Å². The third kappa shape index (κ3) is 6.97. The van der Waals surface area contributed by atoms with Crippen LogP contribution in [0.25, 0.3) is 0 Å². The number of benzene rings is 1. The van der Waals surface area contributed by atoms with Crippen molar-refractivity contribution in [1.29, 1.82) is 0 Å². The highest BCUT2D eigenvalue weighted by Crippen LogP contribution is 2.26. The lowest BCUT2D eigenvalue weighted by molar-refractivity contribution is -0.132. The number of fused-ring (bicyclic) bond motifs is 1. The number of hydrogen-bond donors (Lipinski definition) is 4. The zero-order valence-corrected chi connectivity index (χ0v) is 25.3. The second kappa shape index (κ2) is 13.2. The predicted octanol–water partition coefficient (Wildman–Crippen LogP) is 2.40. The number of carbonyl (C=O) groups excluding carboxylic acids is 2. The number of oxazole rings is 1. The quantitative estimate of drug-likeness (QED) is 0.273. The van der Waals surface area contributed by atoms with Crippen LogP contribution in [-0.2, 0) is 24.4 Å². The van der Waals surface area contributed by atoms with Crippen LogP contribution in [0.2, 0.25) is 0 Å². The molecule has 2 aromatic heterocycles. The summed E-state index contributed by atoms with van der Waals surface area (Å²) in [6.45, 7) is 7.51. The molecule has 0 aliphatic carbocycles. The average Bonchev–Trinajstić information content (AvgIpc) is 3.44. The fraction of sp³-hybridized carbons (Fsp3) is 0.500. The number of piperidine rings is 1. The first-order chi connectivity index (χ1) is 21.3. The van der Waals surface area contributed by atoms with E-state index in [-0.39, 0.29) is 30.4 Å². The molecule has 4 N–H and O–H groups in total. The number of aliphatic hydroxyl groups excluding tert-OH is 1. The number of pyridine rings is 1. The van der Waals surface area contributed by atoms with Gasteiger partial charge in [0.05, 0.1) is 17.8 Å². The van der Waals surface area contributed by atoms with Gasteiger partial charge < -0.3 is 40.0 Å². The maximum atomic E-state index is 13.3. The summed E-state index contributed by atoms with van der Waals surface area (Å²) in [4.78, 5) is 37.8. The zero-order valence-electron chi connectivity index (χ0n) is 25.3. The fourth-order valence-corrected chi connectivity index (χ4v) is 5.98. The third-order valence-corrected chi connectivity index (χ3v) is 8.76. The predicted molar refractivity (Wildman–Crippen MR) is 165 cm³/mol. The number of nitrogens with one attached hydrogen (secondary N) is 3. The second-order valence-corrected chi connectivity index (χ2v) is 12.0. The Morgan fingerprint density at radius 2 is 1.98 bits per heavy atom. The van der Waals surface area contributed by atoms with E-state index in [1.165, 1.54) is 12.8 Å². The summed E-state index contributed by atoms with van der Waals surface area (Å²) in [7, 11) is 0. The van der Waals surface area contributed by atoms with Gasteiger partial charge in [0.1, 0.15) is 24.0 Å². The molecule has 3 aliphatic rings. The van der Waals surface area contributed by atoms with Gasteiger partial charge >= 0.3 is 0 Å². The van der Waals surface area contributed by atoms with Crippen LogP contribution in [0.5, 0.6) is 5.75 Å². The summed E-state index contributed by atoms with van der Waals surface area (Å²) in [6, 6.07) is 9.45. The van der Waals surface area contributed by atoms with E-state index in [0.717, 1.165) is 54.3 Å². The molecule has 2 saturated heterocycles. The first-order valence-corrected chi connectivity index (χ1v) is 15.4. The SMILES string of the molecule is CC(=O)N1CC(Nc2cc(C(=O)NC[C@@H](O)[C@@H]3Cc4ccc(OCc5ocnc5C)cc4CN3)cc(N3CCCCC3)n2)C1. The molecular formula is C32H41N7O5. The number of rotatable bonds is 10. The lowest BCUT2D eigenvalue weighted by Crippen LogP contribution is -2.56. The van der Waals surface area contributed by atoms with Crippen LogP contribution in [0.15, 0.2) is 41.1 Å². The first kappa shape index (κ1) is 29.9. The Morgan fingerprint density at radius 3 is 2.73 bits per heavy atom. The minimum absolute atomic E-state index is 0.0561. The number of anilines is 2. The van der Waals surface area contributed by atoms with Gasteiger partial charge in [0, 0.05) is 57.8 Å². The van der Waals surface area contributed by atoms with Crippen LogP contribution in [0.4, 0.5) is 11.6 Å².